The minimum Gasteiger partial charge on any atom is -0.355 e. The zero-order valence-electron chi connectivity index (χ0n) is 16.6. The van der Waals surface area contributed by atoms with Crippen LogP contribution in [0.2, 0.25) is 0 Å². The van der Waals surface area contributed by atoms with E-state index in [0.29, 0.717) is 19.6 Å². The van der Waals surface area contributed by atoms with E-state index in [-0.39, 0.29) is 11.2 Å². The van der Waals surface area contributed by atoms with Gasteiger partial charge in [0.2, 0.25) is 10.0 Å². The Morgan fingerprint density at radius 3 is 2.64 bits per heavy atom. The number of nitrogens with zero attached hydrogens (tertiary/aromatic N) is 3. The second kappa shape index (κ2) is 8.24. The first-order valence-corrected chi connectivity index (χ1v) is 13.0. The van der Waals surface area contributed by atoms with Crippen molar-refractivity contribution < 1.29 is 8.42 Å². The summed E-state index contributed by atoms with van der Waals surface area (Å²) in [5, 5.41) is 3.32. The zero-order valence-corrected chi connectivity index (χ0v) is 18.2. The Hall–Kier alpha value is -1.25. The predicted molar refractivity (Wildman–Crippen MR) is 118 cm³/mol. The standard InChI is InChI=1S/C20H30N4O2S2/c1-21-19(22-10-15-28(25,26)23-11-13-27-14-12-23)24-16-20(8-4-5-9-20)17-6-2-3-7-18(17)24/h2-3,6-7H,4-5,8-16H2,1H3,(H,21,22). The van der Waals surface area contributed by atoms with Crippen LogP contribution < -0.4 is 10.2 Å². The van der Waals surface area contributed by atoms with Crippen molar-refractivity contribution in [1.29, 1.82) is 0 Å². The van der Waals surface area contributed by atoms with Crippen molar-refractivity contribution in [3.63, 3.8) is 0 Å². The molecule has 1 aromatic rings. The number of aliphatic imine (C=N–C) groups is 1. The smallest absolute Gasteiger partial charge is 0.215 e. The summed E-state index contributed by atoms with van der Waals surface area (Å²) in [6.07, 6.45) is 5.00. The van der Waals surface area contributed by atoms with Crippen LogP contribution in [0.5, 0.6) is 0 Å². The predicted octanol–water partition coefficient (Wildman–Crippen LogP) is 2.27. The molecule has 2 heterocycles. The van der Waals surface area contributed by atoms with E-state index in [0.717, 1.165) is 24.0 Å². The second-order valence-electron chi connectivity index (χ2n) is 7.89. The maximum atomic E-state index is 12.6. The molecule has 2 fully saturated rings. The second-order valence-corrected chi connectivity index (χ2v) is 11.2. The van der Waals surface area contributed by atoms with Gasteiger partial charge in [-0.25, -0.2) is 12.7 Å². The molecule has 3 aliphatic rings. The fourth-order valence-electron chi connectivity index (χ4n) is 4.84. The zero-order chi connectivity index (χ0) is 19.6. The average Bonchev–Trinajstić information content (AvgIpc) is 3.32. The van der Waals surface area contributed by atoms with E-state index < -0.39 is 10.0 Å². The molecule has 28 heavy (non-hydrogen) atoms. The maximum Gasteiger partial charge on any atom is 0.215 e. The molecule has 1 saturated heterocycles. The summed E-state index contributed by atoms with van der Waals surface area (Å²) in [5.74, 6) is 2.67. The monoisotopic (exact) mass is 422 g/mol. The molecule has 0 amide bonds. The molecule has 8 heteroatoms. The molecule has 0 aromatic heterocycles. The van der Waals surface area contributed by atoms with Crippen LogP contribution in [0.1, 0.15) is 31.2 Å². The summed E-state index contributed by atoms with van der Waals surface area (Å²) in [5.41, 5.74) is 2.87. The number of nitrogens with one attached hydrogen (secondary N) is 1. The summed E-state index contributed by atoms with van der Waals surface area (Å²) in [6.45, 7) is 2.57. The lowest BCUT2D eigenvalue weighted by atomic mass is 9.81. The van der Waals surface area contributed by atoms with E-state index in [1.54, 1.807) is 11.4 Å². The number of hydrogen-bond donors (Lipinski definition) is 1. The van der Waals surface area contributed by atoms with Gasteiger partial charge in [0.15, 0.2) is 5.96 Å². The van der Waals surface area contributed by atoms with Gasteiger partial charge in [-0.05, 0) is 24.5 Å². The molecule has 1 aliphatic carbocycles. The highest BCUT2D eigenvalue weighted by molar-refractivity contribution is 7.99. The van der Waals surface area contributed by atoms with Crippen LogP contribution in [-0.2, 0) is 15.4 Å². The van der Waals surface area contributed by atoms with Gasteiger partial charge < -0.3 is 10.2 Å². The number of anilines is 1. The summed E-state index contributed by atoms with van der Waals surface area (Å²) < 4.78 is 26.8. The van der Waals surface area contributed by atoms with Crippen LogP contribution >= 0.6 is 11.8 Å². The molecular formula is C20H30N4O2S2. The Bertz CT molecular complexity index is 828. The molecule has 154 valence electrons. The SMILES string of the molecule is CN=C(NCCS(=O)(=O)N1CCSCC1)N1CC2(CCCC2)c2ccccc21. The summed E-state index contributed by atoms with van der Waals surface area (Å²) in [6, 6.07) is 8.62. The topological polar surface area (TPSA) is 65.0 Å². The molecule has 1 aromatic carbocycles. The Balaban J connectivity index is 1.44. The molecule has 1 N–H and O–H groups in total. The minimum atomic E-state index is -3.21. The number of benzene rings is 1. The van der Waals surface area contributed by atoms with E-state index in [1.165, 1.54) is 36.9 Å². The largest absolute Gasteiger partial charge is 0.355 e. The van der Waals surface area contributed by atoms with Crippen molar-refractivity contribution in [2.24, 2.45) is 4.99 Å². The maximum absolute atomic E-state index is 12.6. The molecule has 0 unspecified atom stereocenters. The quantitative estimate of drug-likeness (QED) is 0.596. The Kier molecular flexibility index (Phi) is 5.90. The van der Waals surface area contributed by atoms with Gasteiger partial charge in [-0.2, -0.15) is 11.8 Å². The van der Waals surface area contributed by atoms with Crippen molar-refractivity contribution in [3.05, 3.63) is 29.8 Å². The number of fused-ring (bicyclic) bond motifs is 2. The number of rotatable bonds is 4. The van der Waals surface area contributed by atoms with Gasteiger partial charge in [0.1, 0.15) is 0 Å². The van der Waals surface area contributed by atoms with Gasteiger partial charge >= 0.3 is 0 Å². The fourth-order valence-corrected chi connectivity index (χ4v) is 7.33. The number of sulfonamides is 1. The van der Waals surface area contributed by atoms with Crippen LogP contribution in [-0.4, -0.2) is 69.2 Å². The van der Waals surface area contributed by atoms with E-state index in [2.05, 4.69) is 39.5 Å². The lowest BCUT2D eigenvalue weighted by molar-refractivity contribution is 0.443. The van der Waals surface area contributed by atoms with Gasteiger partial charge in [-0.15, -0.1) is 0 Å². The van der Waals surface area contributed by atoms with E-state index in [9.17, 15) is 8.42 Å². The molecule has 0 radical (unpaired) electrons. The highest BCUT2D eigenvalue weighted by Gasteiger charge is 2.45. The third-order valence-electron chi connectivity index (χ3n) is 6.26. The summed E-state index contributed by atoms with van der Waals surface area (Å²) >= 11 is 1.82. The van der Waals surface area contributed by atoms with Crippen LogP contribution in [0.25, 0.3) is 0 Å². The third kappa shape index (κ3) is 3.78. The molecule has 2 aliphatic heterocycles. The highest BCUT2D eigenvalue weighted by Crippen LogP contribution is 2.50. The molecule has 1 saturated carbocycles. The first-order chi connectivity index (χ1) is 13.6. The number of guanidine groups is 1. The molecule has 4 rings (SSSR count). The van der Waals surface area contributed by atoms with Gasteiger partial charge in [-0.3, -0.25) is 4.99 Å². The highest BCUT2D eigenvalue weighted by atomic mass is 32.2. The first kappa shape index (κ1) is 20.0. The molecule has 6 nitrogen and oxygen atoms in total. The Morgan fingerprint density at radius 2 is 1.93 bits per heavy atom. The average molecular weight is 423 g/mol. The fraction of sp³-hybridized carbons (Fsp3) is 0.650. The van der Waals surface area contributed by atoms with Crippen LogP contribution in [0.4, 0.5) is 5.69 Å². The lowest BCUT2D eigenvalue weighted by Crippen LogP contribution is -2.46. The number of para-hydroxylation sites is 1. The molecule has 1 spiro atoms. The Morgan fingerprint density at radius 1 is 1.21 bits per heavy atom. The van der Waals surface area contributed by atoms with Crippen molar-refractivity contribution in [2.45, 2.75) is 31.1 Å². The van der Waals surface area contributed by atoms with Crippen molar-refractivity contribution >= 4 is 33.4 Å². The third-order valence-corrected chi connectivity index (χ3v) is 9.08. The van der Waals surface area contributed by atoms with E-state index in [1.807, 2.05) is 11.8 Å². The number of thioether (sulfide) groups is 1. The van der Waals surface area contributed by atoms with Crippen molar-refractivity contribution in [3.8, 4) is 0 Å². The first-order valence-electron chi connectivity index (χ1n) is 10.2. The molecular weight excluding hydrogens is 392 g/mol. The van der Waals surface area contributed by atoms with E-state index >= 15 is 0 Å². The Labute approximate surface area is 172 Å². The lowest BCUT2D eigenvalue weighted by Gasteiger charge is -2.28. The van der Waals surface area contributed by atoms with Gasteiger partial charge in [0.25, 0.3) is 0 Å². The molecule has 0 atom stereocenters. The van der Waals surface area contributed by atoms with Gasteiger partial charge in [-0.1, -0.05) is 31.0 Å². The van der Waals surface area contributed by atoms with Crippen LogP contribution in [0.15, 0.2) is 29.3 Å². The normalized spacial score (nSPS) is 22.6. The van der Waals surface area contributed by atoms with Gasteiger partial charge in [0, 0.05) is 55.8 Å². The van der Waals surface area contributed by atoms with Crippen LogP contribution in [0, 0.1) is 0 Å². The summed E-state index contributed by atoms with van der Waals surface area (Å²) in [7, 11) is -1.43. The van der Waals surface area contributed by atoms with Crippen molar-refractivity contribution in [1.82, 2.24) is 9.62 Å². The van der Waals surface area contributed by atoms with E-state index in [4.69, 9.17) is 0 Å². The van der Waals surface area contributed by atoms with Gasteiger partial charge in [0.05, 0.1) is 5.75 Å². The number of hydrogen-bond acceptors (Lipinski definition) is 4. The minimum absolute atomic E-state index is 0.108. The van der Waals surface area contributed by atoms with Crippen LogP contribution in [0.3, 0.4) is 0 Å². The molecule has 0 bridgehead atoms. The van der Waals surface area contributed by atoms with Crippen molar-refractivity contribution in [2.75, 3.05) is 55.4 Å². The summed E-state index contributed by atoms with van der Waals surface area (Å²) in [4.78, 5) is 6.73.